The van der Waals surface area contributed by atoms with Gasteiger partial charge < -0.3 is 14.0 Å². The summed E-state index contributed by atoms with van der Waals surface area (Å²) in [5.41, 5.74) is 1.80. The van der Waals surface area contributed by atoms with Crippen LogP contribution in [0.4, 0.5) is 0 Å². The number of rotatable bonds is 7. The van der Waals surface area contributed by atoms with Crippen molar-refractivity contribution in [2.75, 3.05) is 7.11 Å². The average molecular weight is 474 g/mol. The molecule has 4 aromatic carbocycles. The Labute approximate surface area is 212 Å². The van der Waals surface area contributed by atoms with Gasteiger partial charge in [0, 0.05) is 0 Å². The first-order valence-corrected chi connectivity index (χ1v) is 12.0. The first kappa shape index (κ1) is 23.8. The Kier molecular flexibility index (Phi) is 6.85. The molecule has 1 fully saturated rings. The highest BCUT2D eigenvalue weighted by molar-refractivity contribution is 6.51. The van der Waals surface area contributed by atoms with Gasteiger partial charge in [-0.1, -0.05) is 133 Å². The highest BCUT2D eigenvalue weighted by Crippen LogP contribution is 2.58. The summed E-state index contributed by atoms with van der Waals surface area (Å²) < 4.78 is 18.8. The molecule has 0 unspecified atom stereocenters. The normalized spacial score (nSPS) is 16.2. The van der Waals surface area contributed by atoms with Crippen molar-refractivity contribution in [3.8, 4) is 0 Å². The van der Waals surface area contributed by atoms with E-state index in [0.717, 1.165) is 22.3 Å². The fraction of sp³-hybridized carbons (Fsp3) is 0.129. The van der Waals surface area contributed by atoms with Gasteiger partial charge in [0.2, 0.25) is 0 Å². The highest BCUT2D eigenvalue weighted by Gasteiger charge is 2.65. The minimum atomic E-state index is -1.03. The molecule has 0 radical (unpaired) electrons. The molecule has 1 aliphatic heterocycles. The molecule has 178 valence electrons. The maximum absolute atomic E-state index is 11.8. The minimum Gasteiger partial charge on any atom is -0.469 e. The SMILES string of the molecule is COC(=O)C/C=C\B1OC(c2ccccc2)(c2ccccc2)C(c2ccccc2)(c2ccccc2)O1. The molecule has 1 saturated heterocycles. The summed E-state index contributed by atoms with van der Waals surface area (Å²) in [5.74, 6) is 1.48. The Morgan fingerprint density at radius 1 is 0.667 bits per heavy atom. The van der Waals surface area contributed by atoms with Gasteiger partial charge in [-0.05, 0) is 22.3 Å². The van der Waals surface area contributed by atoms with Gasteiger partial charge in [0.25, 0.3) is 0 Å². The molecule has 0 saturated carbocycles. The predicted octanol–water partition coefficient (Wildman–Crippen LogP) is 6.07. The van der Waals surface area contributed by atoms with Gasteiger partial charge in [-0.3, -0.25) is 4.79 Å². The van der Waals surface area contributed by atoms with Gasteiger partial charge in [0.1, 0.15) is 11.2 Å². The van der Waals surface area contributed by atoms with Crippen LogP contribution >= 0.6 is 0 Å². The van der Waals surface area contributed by atoms with Crippen LogP contribution in [-0.2, 0) is 30.0 Å². The van der Waals surface area contributed by atoms with E-state index in [1.165, 1.54) is 7.11 Å². The molecule has 1 heterocycles. The van der Waals surface area contributed by atoms with E-state index in [4.69, 9.17) is 14.0 Å². The van der Waals surface area contributed by atoms with E-state index >= 15 is 0 Å². The molecule has 0 bridgehead atoms. The number of ether oxygens (including phenoxy) is 1. The second-order valence-electron chi connectivity index (χ2n) is 8.64. The second kappa shape index (κ2) is 10.4. The first-order valence-electron chi connectivity index (χ1n) is 12.0. The van der Waals surface area contributed by atoms with Gasteiger partial charge in [0.15, 0.2) is 0 Å². The molecular formula is C31H27BO4. The van der Waals surface area contributed by atoms with Crippen LogP contribution in [0.2, 0.25) is 0 Å². The fourth-order valence-electron chi connectivity index (χ4n) is 5.09. The van der Waals surface area contributed by atoms with Crippen molar-refractivity contribution in [3.63, 3.8) is 0 Å². The van der Waals surface area contributed by atoms with Crippen molar-refractivity contribution in [2.24, 2.45) is 0 Å². The molecule has 5 rings (SSSR count). The Hall–Kier alpha value is -3.93. The standard InChI is InChI=1S/C31H27BO4/c1-34-29(33)23-14-24-32-35-30(25-15-6-2-7-16-25,26-17-8-3-9-18-26)31(36-32,27-19-10-4-11-20-27)28-21-12-5-13-22-28/h2-22,24H,23H2,1H3/b24-14-. The Balaban J connectivity index is 1.82. The topological polar surface area (TPSA) is 44.8 Å². The number of hydrogen-bond donors (Lipinski definition) is 0. The number of esters is 1. The van der Waals surface area contributed by atoms with E-state index in [2.05, 4.69) is 48.5 Å². The average Bonchev–Trinajstić information content (AvgIpc) is 3.32. The summed E-state index contributed by atoms with van der Waals surface area (Å²) in [4.78, 5) is 11.8. The maximum atomic E-state index is 11.8. The van der Waals surface area contributed by atoms with Crippen LogP contribution in [0.3, 0.4) is 0 Å². The molecule has 0 spiro atoms. The highest BCUT2D eigenvalue weighted by atomic mass is 16.7. The number of benzene rings is 4. The van der Waals surface area contributed by atoms with E-state index in [1.807, 2.05) is 72.8 Å². The van der Waals surface area contributed by atoms with E-state index in [0.29, 0.717) is 0 Å². The smallest absolute Gasteiger partial charge is 0.469 e. The summed E-state index contributed by atoms with van der Waals surface area (Å²) >= 11 is 0. The van der Waals surface area contributed by atoms with Crippen LogP contribution in [0.15, 0.2) is 133 Å². The molecule has 0 amide bonds. The van der Waals surface area contributed by atoms with Crippen LogP contribution in [0.1, 0.15) is 28.7 Å². The summed E-state index contributed by atoms with van der Waals surface area (Å²) in [6.45, 7) is 0. The van der Waals surface area contributed by atoms with Crippen molar-refractivity contribution < 1.29 is 18.8 Å². The third-order valence-electron chi connectivity index (χ3n) is 6.61. The quantitative estimate of drug-likeness (QED) is 0.241. The zero-order chi connectivity index (χ0) is 24.8. The van der Waals surface area contributed by atoms with Crippen LogP contribution in [0, 0.1) is 0 Å². The molecule has 1 aliphatic rings. The summed E-state index contributed by atoms with van der Waals surface area (Å²) in [5, 5.41) is 0. The van der Waals surface area contributed by atoms with Gasteiger partial charge in [0.05, 0.1) is 13.5 Å². The monoisotopic (exact) mass is 474 g/mol. The molecule has 5 heteroatoms. The first-order chi connectivity index (χ1) is 17.7. The van der Waals surface area contributed by atoms with Crippen LogP contribution in [0.25, 0.3) is 0 Å². The third kappa shape index (κ3) is 4.07. The largest absolute Gasteiger partial charge is 0.487 e. The summed E-state index contributed by atoms with van der Waals surface area (Å²) in [7, 11) is 0.653. The molecule has 4 aromatic rings. The predicted molar refractivity (Wildman–Crippen MR) is 141 cm³/mol. The minimum absolute atomic E-state index is 0.132. The van der Waals surface area contributed by atoms with E-state index in [9.17, 15) is 4.79 Å². The lowest BCUT2D eigenvalue weighted by Gasteiger charge is -2.46. The lowest BCUT2D eigenvalue weighted by Crippen LogP contribution is -2.48. The zero-order valence-electron chi connectivity index (χ0n) is 20.1. The molecule has 36 heavy (non-hydrogen) atoms. The van der Waals surface area contributed by atoms with Gasteiger partial charge >= 0.3 is 13.1 Å². The second-order valence-corrected chi connectivity index (χ2v) is 8.64. The van der Waals surface area contributed by atoms with Crippen LogP contribution in [0.5, 0.6) is 0 Å². The Bertz CT molecular complexity index is 1140. The fourth-order valence-corrected chi connectivity index (χ4v) is 5.09. The van der Waals surface area contributed by atoms with Crippen LogP contribution in [-0.4, -0.2) is 20.2 Å². The summed E-state index contributed by atoms with van der Waals surface area (Å²) in [6.07, 6.45) is 1.87. The number of carbonyl (C=O) groups excluding carboxylic acids is 1. The van der Waals surface area contributed by atoms with Gasteiger partial charge in [-0.2, -0.15) is 0 Å². The molecule has 4 nitrogen and oxygen atoms in total. The van der Waals surface area contributed by atoms with Crippen molar-refractivity contribution in [1.82, 2.24) is 0 Å². The van der Waals surface area contributed by atoms with E-state index < -0.39 is 18.3 Å². The van der Waals surface area contributed by atoms with E-state index in [-0.39, 0.29) is 12.4 Å². The van der Waals surface area contributed by atoms with Gasteiger partial charge in [-0.25, -0.2) is 0 Å². The molecular weight excluding hydrogens is 447 g/mol. The lowest BCUT2D eigenvalue weighted by atomic mass is 9.66. The van der Waals surface area contributed by atoms with E-state index in [1.54, 1.807) is 12.1 Å². The van der Waals surface area contributed by atoms with Crippen molar-refractivity contribution in [1.29, 1.82) is 0 Å². The number of methoxy groups -OCH3 is 1. The number of carbonyl (C=O) groups is 1. The molecule has 0 atom stereocenters. The van der Waals surface area contributed by atoms with Gasteiger partial charge in [-0.15, -0.1) is 0 Å². The van der Waals surface area contributed by atoms with Crippen LogP contribution < -0.4 is 0 Å². The van der Waals surface area contributed by atoms with Crippen molar-refractivity contribution in [2.45, 2.75) is 17.6 Å². The Morgan fingerprint density at radius 2 is 1.00 bits per heavy atom. The Morgan fingerprint density at radius 3 is 1.31 bits per heavy atom. The number of hydrogen-bond acceptors (Lipinski definition) is 4. The molecule has 0 N–H and O–H groups in total. The lowest BCUT2D eigenvalue weighted by molar-refractivity contribution is -0.139. The molecule has 0 aliphatic carbocycles. The van der Waals surface area contributed by atoms with Crippen molar-refractivity contribution >= 4 is 13.1 Å². The maximum Gasteiger partial charge on any atom is 0.487 e. The van der Waals surface area contributed by atoms with Crippen molar-refractivity contribution in [3.05, 3.63) is 156 Å². The molecule has 0 aromatic heterocycles. The third-order valence-corrected chi connectivity index (χ3v) is 6.61. The zero-order valence-corrected chi connectivity index (χ0v) is 20.1. The summed E-state index contributed by atoms with van der Waals surface area (Å²) in [6, 6.07) is 40.8.